The topological polar surface area (TPSA) is 18.5 Å². The van der Waals surface area contributed by atoms with E-state index in [0.717, 1.165) is 30.5 Å². The van der Waals surface area contributed by atoms with Gasteiger partial charge in [0.1, 0.15) is 5.75 Å². The number of alkyl halides is 4. The molecule has 0 atom stereocenters. The lowest BCUT2D eigenvalue weighted by Gasteiger charge is -2.19. The second-order valence-corrected chi connectivity index (χ2v) is 7.48. The number of halogens is 6. The Bertz CT molecular complexity index is 1030. The number of rotatable bonds is 10. The smallest absolute Gasteiger partial charge is 0.426 e. The summed E-state index contributed by atoms with van der Waals surface area (Å²) in [7, 11) is 0. The number of ether oxygens (including phenoxy) is 2. The molecule has 0 aromatic heterocycles. The minimum absolute atomic E-state index is 0.0352. The Morgan fingerprint density at radius 1 is 0.758 bits per heavy atom. The highest BCUT2D eigenvalue weighted by Gasteiger charge is 2.34. The molecule has 0 aliphatic carbocycles. The van der Waals surface area contributed by atoms with Crippen molar-refractivity contribution in [1.82, 2.24) is 0 Å². The second kappa shape index (κ2) is 10.6. The van der Waals surface area contributed by atoms with E-state index in [1.165, 1.54) is 24.3 Å². The lowest BCUT2D eigenvalue weighted by molar-refractivity contribution is -0.185. The van der Waals surface area contributed by atoms with Crippen LogP contribution in [0, 0.1) is 11.6 Å². The molecule has 176 valence electrons. The van der Waals surface area contributed by atoms with E-state index in [9.17, 15) is 26.3 Å². The Balaban J connectivity index is 1.61. The van der Waals surface area contributed by atoms with Gasteiger partial charge in [0, 0.05) is 0 Å². The molecule has 3 aromatic carbocycles. The van der Waals surface area contributed by atoms with Gasteiger partial charge in [-0.25, -0.2) is 8.78 Å². The fourth-order valence-electron chi connectivity index (χ4n) is 3.33. The van der Waals surface area contributed by atoms with Crippen LogP contribution in [-0.4, -0.2) is 6.61 Å². The molecule has 0 spiro atoms. The average Bonchev–Trinajstić information content (AvgIpc) is 2.76. The first-order chi connectivity index (χ1) is 15.7. The highest BCUT2D eigenvalue weighted by Crippen LogP contribution is 2.32. The molecule has 8 heteroatoms. The predicted octanol–water partition coefficient (Wildman–Crippen LogP) is 7.43. The third kappa shape index (κ3) is 6.66. The summed E-state index contributed by atoms with van der Waals surface area (Å²) in [5, 5.41) is 0. The fraction of sp³-hybridized carbons (Fsp3) is 0.280. The van der Waals surface area contributed by atoms with Crippen molar-refractivity contribution >= 4 is 0 Å². The van der Waals surface area contributed by atoms with E-state index in [2.05, 4.69) is 4.74 Å². The lowest BCUT2D eigenvalue weighted by atomic mass is 10.0. The first kappa shape index (κ1) is 24.5. The van der Waals surface area contributed by atoms with Crippen molar-refractivity contribution in [2.45, 2.75) is 45.3 Å². The SMILES string of the molecule is CCCc1ccc(C(F)(F)Oc2ccc(CCc3cc(F)c(OC(F)F)c(F)c3)cc2)cc1. The van der Waals surface area contributed by atoms with Gasteiger partial charge in [0.05, 0.1) is 5.56 Å². The van der Waals surface area contributed by atoms with Gasteiger partial charge in [0.2, 0.25) is 0 Å². The van der Waals surface area contributed by atoms with Gasteiger partial charge in [0.25, 0.3) is 0 Å². The number of aryl methyl sites for hydroxylation is 3. The van der Waals surface area contributed by atoms with Crippen LogP contribution in [0.1, 0.15) is 35.6 Å². The first-order valence-corrected chi connectivity index (χ1v) is 10.4. The van der Waals surface area contributed by atoms with E-state index in [1.54, 1.807) is 24.3 Å². The maximum absolute atomic E-state index is 14.5. The summed E-state index contributed by atoms with van der Waals surface area (Å²) in [4.78, 5) is 0. The van der Waals surface area contributed by atoms with E-state index >= 15 is 0 Å². The summed E-state index contributed by atoms with van der Waals surface area (Å²) >= 11 is 0. The van der Waals surface area contributed by atoms with Gasteiger partial charge in [-0.3, -0.25) is 0 Å². The lowest BCUT2D eigenvalue weighted by Crippen LogP contribution is -2.21. The summed E-state index contributed by atoms with van der Waals surface area (Å²) in [6.07, 6.45) is -1.25. The molecule has 3 rings (SSSR count). The van der Waals surface area contributed by atoms with Crippen LogP contribution in [-0.2, 0) is 25.4 Å². The third-order valence-corrected chi connectivity index (χ3v) is 4.97. The van der Waals surface area contributed by atoms with E-state index in [4.69, 9.17) is 4.74 Å². The maximum Gasteiger partial charge on any atom is 0.426 e. The van der Waals surface area contributed by atoms with Crippen molar-refractivity contribution in [3.63, 3.8) is 0 Å². The molecule has 0 radical (unpaired) electrons. The predicted molar refractivity (Wildman–Crippen MR) is 112 cm³/mol. The zero-order chi connectivity index (χ0) is 24.0. The van der Waals surface area contributed by atoms with Crippen molar-refractivity contribution < 1.29 is 35.8 Å². The summed E-state index contributed by atoms with van der Waals surface area (Å²) < 4.78 is 89.7. The Labute approximate surface area is 187 Å². The monoisotopic (exact) mass is 468 g/mol. The van der Waals surface area contributed by atoms with Gasteiger partial charge < -0.3 is 9.47 Å². The molecule has 0 heterocycles. The normalized spacial score (nSPS) is 11.6. The Kier molecular flexibility index (Phi) is 7.89. The Morgan fingerprint density at radius 3 is 1.82 bits per heavy atom. The van der Waals surface area contributed by atoms with Crippen LogP contribution >= 0.6 is 0 Å². The van der Waals surface area contributed by atoms with E-state index in [1.807, 2.05) is 6.92 Å². The summed E-state index contributed by atoms with van der Waals surface area (Å²) in [5.41, 5.74) is 1.67. The number of hydrogen-bond acceptors (Lipinski definition) is 2. The van der Waals surface area contributed by atoms with Gasteiger partial charge in [-0.2, -0.15) is 17.6 Å². The maximum atomic E-state index is 14.5. The molecule has 0 saturated carbocycles. The minimum Gasteiger partial charge on any atom is -0.429 e. The van der Waals surface area contributed by atoms with Gasteiger partial charge in [-0.15, -0.1) is 0 Å². The molecule has 0 unspecified atom stereocenters. The van der Waals surface area contributed by atoms with Crippen molar-refractivity contribution in [2.24, 2.45) is 0 Å². The molecule has 33 heavy (non-hydrogen) atoms. The molecule has 3 aromatic rings. The molecular weight excluding hydrogens is 446 g/mol. The Hall–Kier alpha value is -3.16. The largest absolute Gasteiger partial charge is 0.429 e. The van der Waals surface area contributed by atoms with Crippen molar-refractivity contribution in [1.29, 1.82) is 0 Å². The van der Waals surface area contributed by atoms with Gasteiger partial charge in [0.15, 0.2) is 17.4 Å². The fourth-order valence-corrected chi connectivity index (χ4v) is 3.33. The van der Waals surface area contributed by atoms with Crippen LogP contribution in [0.3, 0.4) is 0 Å². The van der Waals surface area contributed by atoms with E-state index < -0.39 is 30.1 Å². The second-order valence-electron chi connectivity index (χ2n) is 7.48. The molecule has 0 bridgehead atoms. The van der Waals surface area contributed by atoms with Crippen LogP contribution < -0.4 is 9.47 Å². The first-order valence-electron chi connectivity index (χ1n) is 10.4. The molecule has 0 aliphatic rings. The van der Waals surface area contributed by atoms with Crippen molar-refractivity contribution in [2.75, 3.05) is 0 Å². The minimum atomic E-state index is -3.51. The number of hydrogen-bond donors (Lipinski definition) is 0. The van der Waals surface area contributed by atoms with Crippen LogP contribution in [0.4, 0.5) is 26.3 Å². The van der Waals surface area contributed by atoms with Crippen LogP contribution in [0.15, 0.2) is 60.7 Å². The third-order valence-electron chi connectivity index (χ3n) is 4.97. The summed E-state index contributed by atoms with van der Waals surface area (Å²) in [6.45, 7) is -1.33. The van der Waals surface area contributed by atoms with Gasteiger partial charge in [-0.1, -0.05) is 37.6 Å². The zero-order valence-electron chi connectivity index (χ0n) is 17.8. The number of benzene rings is 3. The van der Waals surface area contributed by atoms with Crippen LogP contribution in [0.25, 0.3) is 0 Å². The average molecular weight is 468 g/mol. The zero-order valence-corrected chi connectivity index (χ0v) is 17.8. The van der Waals surface area contributed by atoms with Crippen LogP contribution in [0.5, 0.6) is 11.5 Å². The molecule has 0 aliphatic heterocycles. The highest BCUT2D eigenvalue weighted by atomic mass is 19.3. The van der Waals surface area contributed by atoms with Gasteiger partial charge >= 0.3 is 12.7 Å². The van der Waals surface area contributed by atoms with Crippen molar-refractivity contribution in [3.8, 4) is 11.5 Å². The quantitative estimate of drug-likeness (QED) is 0.288. The molecule has 2 nitrogen and oxygen atoms in total. The van der Waals surface area contributed by atoms with E-state index in [-0.39, 0.29) is 23.3 Å². The van der Waals surface area contributed by atoms with Crippen molar-refractivity contribution in [3.05, 3.63) is 94.6 Å². The molecule has 0 saturated heterocycles. The molecular formula is C25H22F6O2. The molecule has 0 amide bonds. The van der Waals surface area contributed by atoms with E-state index in [0.29, 0.717) is 12.0 Å². The molecule has 0 fully saturated rings. The van der Waals surface area contributed by atoms with Crippen LogP contribution in [0.2, 0.25) is 0 Å². The summed E-state index contributed by atoms with van der Waals surface area (Å²) in [6, 6.07) is 13.7. The van der Waals surface area contributed by atoms with Gasteiger partial charge in [-0.05, 0) is 72.4 Å². The summed E-state index contributed by atoms with van der Waals surface area (Å²) in [5.74, 6) is -3.61. The standard InChI is InChI=1S/C25H22F6O2/c1-2-3-16-6-10-19(11-7-16)25(30,31)33-20-12-8-17(9-13-20)4-5-18-14-21(26)23(22(27)15-18)32-24(28)29/h6-15,24H,2-5H2,1H3. The molecule has 0 N–H and O–H groups in total. The highest BCUT2D eigenvalue weighted by molar-refractivity contribution is 5.33. The Morgan fingerprint density at radius 2 is 1.27 bits per heavy atom.